The largest absolute Gasteiger partial charge is 0.384 e. The minimum Gasteiger partial charge on any atom is -0.384 e. The number of carbonyl (C=O) groups excluding carboxylic acids is 1. The first-order valence-electron chi connectivity index (χ1n) is 9.28. The molecule has 160 valence electrons. The van der Waals surface area contributed by atoms with Gasteiger partial charge < -0.3 is 14.5 Å². The van der Waals surface area contributed by atoms with Gasteiger partial charge in [0, 0.05) is 44.9 Å². The van der Waals surface area contributed by atoms with Gasteiger partial charge in [-0.3, -0.25) is 14.9 Å². The molecule has 1 fully saturated rings. The summed E-state index contributed by atoms with van der Waals surface area (Å²) >= 11 is 0. The maximum Gasteiger partial charge on any atom is 0.287 e. The lowest BCUT2D eigenvalue weighted by Crippen LogP contribution is -2.49. The topological polar surface area (TPSA) is 123 Å². The molecule has 3 rings (SSSR count). The molecule has 1 aliphatic heterocycles. The lowest BCUT2D eigenvalue weighted by atomic mass is 10.2. The molecule has 1 aliphatic rings. The minimum atomic E-state index is -3.44. The summed E-state index contributed by atoms with van der Waals surface area (Å²) < 4.78 is 29.2. The standard InChI is InChI=1S/C19H22N4O6S/c1-29-12-13-30(27,28)17-5-2-15(3-6-17)19(24)22-10-8-21(9-11-22)18-7-4-16(14-20-18)23(25)26/h2-7,14H,8-13H2,1H3. The second-order valence-corrected chi connectivity index (χ2v) is 8.86. The summed E-state index contributed by atoms with van der Waals surface area (Å²) in [6.45, 7) is 2.12. The number of rotatable bonds is 7. The number of amides is 1. The van der Waals surface area contributed by atoms with E-state index in [9.17, 15) is 23.3 Å². The van der Waals surface area contributed by atoms with E-state index < -0.39 is 14.8 Å². The Labute approximate surface area is 174 Å². The molecule has 0 aliphatic carbocycles. The Morgan fingerprint density at radius 2 is 1.80 bits per heavy atom. The summed E-state index contributed by atoms with van der Waals surface area (Å²) in [5.74, 6) is 0.334. The Balaban J connectivity index is 1.60. The Morgan fingerprint density at radius 3 is 2.33 bits per heavy atom. The fourth-order valence-corrected chi connectivity index (χ4v) is 4.28. The molecule has 0 spiro atoms. The summed E-state index contributed by atoms with van der Waals surface area (Å²) in [4.78, 5) is 30.9. The Kier molecular flexibility index (Phi) is 6.63. The van der Waals surface area contributed by atoms with E-state index in [-0.39, 0.29) is 28.8 Å². The molecule has 1 amide bonds. The predicted octanol–water partition coefficient (Wildman–Crippen LogP) is 1.37. The minimum absolute atomic E-state index is 0.0692. The maximum absolute atomic E-state index is 12.7. The number of anilines is 1. The molecule has 30 heavy (non-hydrogen) atoms. The number of hydrogen-bond donors (Lipinski definition) is 0. The predicted molar refractivity (Wildman–Crippen MR) is 109 cm³/mol. The quantitative estimate of drug-likeness (QED) is 0.473. The van der Waals surface area contributed by atoms with Crippen molar-refractivity contribution in [1.82, 2.24) is 9.88 Å². The first kappa shape index (κ1) is 21.7. The number of nitro groups is 1. The summed E-state index contributed by atoms with van der Waals surface area (Å²) in [6.07, 6.45) is 1.22. The van der Waals surface area contributed by atoms with E-state index in [1.807, 2.05) is 4.90 Å². The van der Waals surface area contributed by atoms with Crippen molar-refractivity contribution in [3.63, 3.8) is 0 Å². The normalized spacial score (nSPS) is 14.6. The van der Waals surface area contributed by atoms with E-state index in [0.717, 1.165) is 0 Å². The number of ether oxygens (including phenoxy) is 1. The van der Waals surface area contributed by atoms with Gasteiger partial charge in [0.15, 0.2) is 9.84 Å². The highest BCUT2D eigenvalue weighted by Gasteiger charge is 2.24. The zero-order valence-electron chi connectivity index (χ0n) is 16.4. The number of benzene rings is 1. The molecular weight excluding hydrogens is 412 g/mol. The Morgan fingerprint density at radius 1 is 1.13 bits per heavy atom. The van der Waals surface area contributed by atoms with Gasteiger partial charge >= 0.3 is 0 Å². The van der Waals surface area contributed by atoms with Crippen LogP contribution in [0.15, 0.2) is 47.5 Å². The van der Waals surface area contributed by atoms with Crippen LogP contribution in [0.25, 0.3) is 0 Å². The zero-order chi connectivity index (χ0) is 21.7. The van der Waals surface area contributed by atoms with Gasteiger partial charge in [-0.25, -0.2) is 13.4 Å². The monoisotopic (exact) mass is 434 g/mol. The highest BCUT2D eigenvalue weighted by atomic mass is 32.2. The molecule has 1 saturated heterocycles. The first-order chi connectivity index (χ1) is 14.3. The molecule has 0 N–H and O–H groups in total. The van der Waals surface area contributed by atoms with Crippen molar-refractivity contribution in [2.75, 3.05) is 50.5 Å². The van der Waals surface area contributed by atoms with Gasteiger partial charge in [-0.15, -0.1) is 0 Å². The number of pyridine rings is 1. The van der Waals surface area contributed by atoms with Crippen molar-refractivity contribution in [3.05, 3.63) is 58.3 Å². The summed E-state index contributed by atoms with van der Waals surface area (Å²) in [5.41, 5.74) is 0.350. The number of aromatic nitrogens is 1. The van der Waals surface area contributed by atoms with E-state index in [1.165, 1.54) is 43.6 Å². The van der Waals surface area contributed by atoms with E-state index in [0.29, 0.717) is 37.6 Å². The van der Waals surface area contributed by atoms with Crippen LogP contribution in [-0.2, 0) is 14.6 Å². The van der Waals surface area contributed by atoms with Crippen LogP contribution in [0.3, 0.4) is 0 Å². The van der Waals surface area contributed by atoms with Gasteiger partial charge in [0.05, 0.1) is 22.2 Å². The fourth-order valence-electron chi connectivity index (χ4n) is 3.11. The van der Waals surface area contributed by atoms with Gasteiger partial charge in [-0.05, 0) is 30.3 Å². The maximum atomic E-state index is 12.7. The average Bonchev–Trinajstić information content (AvgIpc) is 2.77. The summed E-state index contributed by atoms with van der Waals surface area (Å²) in [6, 6.07) is 8.92. The van der Waals surface area contributed by atoms with Crippen molar-refractivity contribution < 1.29 is 22.9 Å². The molecule has 10 nitrogen and oxygen atoms in total. The van der Waals surface area contributed by atoms with Crippen LogP contribution in [0.4, 0.5) is 11.5 Å². The Hall–Kier alpha value is -3.05. The number of carbonyl (C=O) groups is 1. The molecule has 0 unspecified atom stereocenters. The molecule has 0 radical (unpaired) electrons. The van der Waals surface area contributed by atoms with Crippen molar-refractivity contribution in [3.8, 4) is 0 Å². The van der Waals surface area contributed by atoms with Gasteiger partial charge in [-0.1, -0.05) is 0 Å². The van der Waals surface area contributed by atoms with Crippen LogP contribution in [0.5, 0.6) is 0 Å². The van der Waals surface area contributed by atoms with Gasteiger partial charge in [-0.2, -0.15) is 0 Å². The lowest BCUT2D eigenvalue weighted by molar-refractivity contribution is -0.385. The third-order valence-electron chi connectivity index (χ3n) is 4.85. The van der Waals surface area contributed by atoms with Crippen molar-refractivity contribution in [2.45, 2.75) is 4.90 Å². The molecule has 1 aromatic carbocycles. The molecule has 11 heteroatoms. The molecule has 0 bridgehead atoms. The smallest absolute Gasteiger partial charge is 0.287 e. The van der Waals surface area contributed by atoms with E-state index >= 15 is 0 Å². The third-order valence-corrected chi connectivity index (χ3v) is 6.55. The molecule has 2 heterocycles. The molecule has 0 saturated carbocycles. The van der Waals surface area contributed by atoms with Crippen LogP contribution < -0.4 is 4.90 Å². The van der Waals surface area contributed by atoms with Crippen LogP contribution in [0, 0.1) is 10.1 Å². The second-order valence-electron chi connectivity index (χ2n) is 6.75. The fraction of sp³-hybridized carbons (Fsp3) is 0.368. The lowest BCUT2D eigenvalue weighted by Gasteiger charge is -2.35. The Bertz CT molecular complexity index is 1000. The van der Waals surface area contributed by atoms with Crippen molar-refractivity contribution >= 4 is 27.2 Å². The third kappa shape index (κ3) is 4.92. The molecule has 1 aromatic heterocycles. The van der Waals surface area contributed by atoms with Crippen molar-refractivity contribution in [2.24, 2.45) is 0 Å². The van der Waals surface area contributed by atoms with Gasteiger partial charge in [0.1, 0.15) is 12.0 Å². The number of sulfone groups is 1. The summed E-state index contributed by atoms with van der Waals surface area (Å²) in [5, 5.41) is 10.7. The van der Waals surface area contributed by atoms with Crippen LogP contribution >= 0.6 is 0 Å². The van der Waals surface area contributed by atoms with Crippen LogP contribution in [0.1, 0.15) is 10.4 Å². The highest BCUT2D eigenvalue weighted by Crippen LogP contribution is 2.19. The molecule has 2 aromatic rings. The average molecular weight is 434 g/mol. The van der Waals surface area contributed by atoms with E-state index in [1.54, 1.807) is 11.0 Å². The van der Waals surface area contributed by atoms with Gasteiger partial charge in [0.25, 0.3) is 11.6 Å². The van der Waals surface area contributed by atoms with Crippen LogP contribution in [0.2, 0.25) is 0 Å². The number of methoxy groups -OCH3 is 1. The van der Waals surface area contributed by atoms with Crippen molar-refractivity contribution in [1.29, 1.82) is 0 Å². The zero-order valence-corrected chi connectivity index (χ0v) is 17.2. The number of hydrogen-bond acceptors (Lipinski definition) is 8. The van der Waals surface area contributed by atoms with Crippen LogP contribution in [-0.4, -0.2) is 74.8 Å². The number of nitrogens with zero attached hydrogens (tertiary/aromatic N) is 4. The molecule has 0 atom stereocenters. The first-order valence-corrected chi connectivity index (χ1v) is 10.9. The second kappa shape index (κ2) is 9.18. The van der Waals surface area contributed by atoms with E-state index in [4.69, 9.17) is 4.74 Å². The summed E-state index contributed by atoms with van der Waals surface area (Å²) in [7, 11) is -2.00. The number of piperazine rings is 1. The highest BCUT2D eigenvalue weighted by molar-refractivity contribution is 7.91. The SMILES string of the molecule is COCCS(=O)(=O)c1ccc(C(=O)N2CCN(c3ccc([N+](=O)[O-])cn3)CC2)cc1. The van der Waals surface area contributed by atoms with E-state index in [2.05, 4.69) is 4.98 Å². The molecular formula is C19H22N4O6S. The van der Waals surface area contributed by atoms with Gasteiger partial charge in [0.2, 0.25) is 0 Å².